The van der Waals surface area contributed by atoms with E-state index in [0.29, 0.717) is 23.7 Å². The van der Waals surface area contributed by atoms with Crippen molar-refractivity contribution in [3.8, 4) is 11.5 Å². The minimum absolute atomic E-state index is 0.178. The number of benzene rings is 2. The van der Waals surface area contributed by atoms with Crippen LogP contribution in [0.4, 0.5) is 0 Å². The smallest absolute Gasteiger partial charge is 0.470 e. The molecule has 58 heavy (non-hydrogen) atoms. The number of phosphoric ester groups is 1. The lowest BCUT2D eigenvalue weighted by atomic mass is 9.73. The summed E-state index contributed by atoms with van der Waals surface area (Å²) in [7, 11) is -1.25. The molecular weight excluding hydrogens is 763 g/mol. The Balaban J connectivity index is 0.000000160. The zero-order valence-electron chi connectivity index (χ0n) is 33.2. The van der Waals surface area contributed by atoms with Gasteiger partial charge in [-0.3, -0.25) is 24.3 Å². The molecule has 6 saturated heterocycles. The van der Waals surface area contributed by atoms with E-state index >= 15 is 0 Å². The third-order valence-electron chi connectivity index (χ3n) is 12.3. The Morgan fingerprint density at radius 1 is 0.759 bits per heavy atom. The number of rotatable bonds is 12. The molecular formula is C43H57N4O10P. The molecule has 0 amide bonds. The molecule has 314 valence electrons. The van der Waals surface area contributed by atoms with E-state index in [2.05, 4.69) is 49.6 Å². The van der Waals surface area contributed by atoms with Gasteiger partial charge >= 0.3 is 7.82 Å². The summed E-state index contributed by atoms with van der Waals surface area (Å²) in [6.07, 6.45) is 10.0. The van der Waals surface area contributed by atoms with Crippen molar-refractivity contribution < 1.29 is 48.8 Å². The molecule has 0 aliphatic carbocycles. The minimum Gasteiger partial charge on any atom is -0.497 e. The second-order valence-electron chi connectivity index (χ2n) is 15.5. The first-order valence-electron chi connectivity index (χ1n) is 19.8. The van der Waals surface area contributed by atoms with Gasteiger partial charge in [-0.25, -0.2) is 4.57 Å². The van der Waals surface area contributed by atoms with Crippen LogP contribution in [0, 0.1) is 23.7 Å². The fourth-order valence-electron chi connectivity index (χ4n) is 9.21. The Labute approximate surface area is 339 Å². The molecule has 6 N–H and O–H groups in total. The van der Waals surface area contributed by atoms with E-state index in [4.69, 9.17) is 29.5 Å². The zero-order chi connectivity index (χ0) is 41.6. The molecule has 6 aliphatic heterocycles. The van der Waals surface area contributed by atoms with Gasteiger partial charge in [0.25, 0.3) is 0 Å². The molecule has 6 fully saturated rings. The van der Waals surface area contributed by atoms with Crippen molar-refractivity contribution in [1.29, 1.82) is 0 Å². The molecule has 0 saturated carbocycles. The molecule has 2 unspecified atom stereocenters. The summed E-state index contributed by atoms with van der Waals surface area (Å²) in [6, 6.07) is 15.9. The maximum absolute atomic E-state index is 11.2. The molecule has 14 nitrogen and oxygen atoms in total. The molecule has 2 aromatic carbocycles. The highest BCUT2D eigenvalue weighted by Gasteiger charge is 2.43. The molecule has 2 aromatic heterocycles. The molecule has 8 heterocycles. The largest absolute Gasteiger partial charge is 0.497 e. The van der Waals surface area contributed by atoms with Crippen LogP contribution in [0.5, 0.6) is 11.5 Å². The lowest BCUT2D eigenvalue weighted by Crippen LogP contribution is -2.54. The van der Waals surface area contributed by atoms with Crippen molar-refractivity contribution in [3.05, 3.63) is 97.4 Å². The summed E-state index contributed by atoms with van der Waals surface area (Å²) in [5.41, 5.74) is 3.69. The molecule has 0 spiro atoms. The highest BCUT2D eigenvalue weighted by atomic mass is 31.2. The molecule has 10 rings (SSSR count). The third-order valence-corrected chi connectivity index (χ3v) is 12.9. The number of methoxy groups -OCH3 is 2. The van der Waals surface area contributed by atoms with Crippen LogP contribution in [-0.4, -0.2) is 122 Å². The van der Waals surface area contributed by atoms with E-state index in [1.165, 1.54) is 12.8 Å². The average molecular weight is 821 g/mol. The third kappa shape index (κ3) is 9.97. The number of phosphoric acid groups is 1. The van der Waals surface area contributed by atoms with E-state index in [1.54, 1.807) is 26.6 Å². The minimum atomic E-state index is -4.57. The maximum atomic E-state index is 11.2. The van der Waals surface area contributed by atoms with Crippen molar-refractivity contribution in [2.24, 2.45) is 23.7 Å². The van der Waals surface area contributed by atoms with Crippen molar-refractivity contribution in [1.82, 2.24) is 19.8 Å². The quantitative estimate of drug-likeness (QED) is 0.0842. The summed E-state index contributed by atoms with van der Waals surface area (Å²) in [5, 5.41) is 40.8. The van der Waals surface area contributed by atoms with E-state index in [9.17, 15) is 14.8 Å². The van der Waals surface area contributed by atoms with Gasteiger partial charge < -0.3 is 39.7 Å². The topological polar surface area (TPSA) is 198 Å². The normalized spacial score (nSPS) is 27.2. The molecule has 15 heteroatoms. The number of aliphatic hydroxyl groups excluding tert-OH is 4. The van der Waals surface area contributed by atoms with Crippen molar-refractivity contribution >= 4 is 29.6 Å². The number of pyridine rings is 2. The summed E-state index contributed by atoms with van der Waals surface area (Å²) in [6.45, 7) is 10.9. The van der Waals surface area contributed by atoms with Crippen molar-refractivity contribution in [2.75, 3.05) is 53.6 Å². The van der Waals surface area contributed by atoms with Crippen molar-refractivity contribution in [3.63, 3.8) is 0 Å². The Hall–Kier alpha value is -3.79. The first kappa shape index (κ1) is 43.8. The van der Waals surface area contributed by atoms with Gasteiger partial charge in [0.1, 0.15) is 17.6 Å². The van der Waals surface area contributed by atoms with Crippen LogP contribution in [-0.2, 0) is 9.09 Å². The summed E-state index contributed by atoms with van der Waals surface area (Å²) >= 11 is 0. The van der Waals surface area contributed by atoms with Gasteiger partial charge in [-0.05, 0) is 122 Å². The SMILES string of the molecule is C=C[C@H]1CN2CC[C@H]1C[C@H]2[C@H](O)c1ccnc2ccc(OC)cc12.C=C[C@H]1CN2CC[C@H]1C[C@H]2[C@H](O)c1ccnc2ccc(OC)cc12.O=P(O)(O)OC(CO)CO. The van der Waals surface area contributed by atoms with Crippen LogP contribution in [0.25, 0.3) is 21.8 Å². The van der Waals surface area contributed by atoms with Crippen molar-refractivity contribution in [2.45, 2.75) is 56.1 Å². The number of fused-ring (bicyclic) bond motifs is 8. The van der Waals surface area contributed by atoms with Gasteiger partial charge in [0.2, 0.25) is 0 Å². The number of hydrogen-bond acceptors (Lipinski definition) is 12. The summed E-state index contributed by atoms with van der Waals surface area (Å²) < 4.78 is 24.6. The monoisotopic (exact) mass is 820 g/mol. The molecule has 4 bridgehead atoms. The lowest BCUT2D eigenvalue weighted by molar-refractivity contribution is -0.0445. The first-order chi connectivity index (χ1) is 27.9. The number of aromatic nitrogens is 2. The van der Waals surface area contributed by atoms with Crippen LogP contribution in [0.15, 0.2) is 86.2 Å². The van der Waals surface area contributed by atoms with Crippen LogP contribution in [0.2, 0.25) is 0 Å². The molecule has 6 aliphatic rings. The molecule has 0 radical (unpaired) electrons. The standard InChI is InChI=1S/2C20H24N2O2.C3H9O6P/c2*1-3-13-12-22-9-7-14(13)10-19(22)20(23)16-6-8-21-18-5-4-15(24-2)11-17(16)18;4-1-3(2-5)9-10(6,7)8/h2*3-6,8,11,13-14,19-20,23H,1,7,9-10,12H2,2H3;3-5H,1-2H2,(H2,6,7,8)/t2*13-,14-,19-,20+;/m00./s1. The second kappa shape index (κ2) is 19.5. The highest BCUT2D eigenvalue weighted by molar-refractivity contribution is 7.46. The number of hydrogen-bond donors (Lipinski definition) is 6. The van der Waals surface area contributed by atoms with Gasteiger partial charge in [0, 0.05) is 48.3 Å². The van der Waals surface area contributed by atoms with Crippen LogP contribution < -0.4 is 9.47 Å². The van der Waals surface area contributed by atoms with E-state index in [1.807, 2.05) is 48.5 Å². The average Bonchev–Trinajstić information content (AvgIpc) is 3.27. The van der Waals surface area contributed by atoms with E-state index < -0.39 is 39.3 Å². The first-order valence-corrected chi connectivity index (χ1v) is 21.3. The molecule has 10 atom stereocenters. The Kier molecular flexibility index (Phi) is 14.7. The predicted octanol–water partition coefficient (Wildman–Crippen LogP) is 4.80. The van der Waals surface area contributed by atoms with Crippen LogP contribution in [0.1, 0.15) is 49.0 Å². The fraction of sp³-hybridized carbons (Fsp3) is 0.488. The second-order valence-corrected chi connectivity index (χ2v) is 16.7. The highest BCUT2D eigenvalue weighted by Crippen LogP contribution is 2.44. The van der Waals surface area contributed by atoms with E-state index in [0.717, 1.165) is 83.5 Å². The number of nitrogens with zero attached hydrogens (tertiary/aromatic N) is 4. The van der Waals surface area contributed by atoms with Gasteiger partial charge in [-0.15, -0.1) is 13.2 Å². The van der Waals surface area contributed by atoms with Gasteiger partial charge in [0.05, 0.1) is 50.7 Å². The van der Waals surface area contributed by atoms with Gasteiger partial charge in [0.15, 0.2) is 0 Å². The predicted molar refractivity (Wildman–Crippen MR) is 221 cm³/mol. The fourth-order valence-corrected chi connectivity index (χ4v) is 9.73. The number of aliphatic hydroxyl groups is 4. The maximum Gasteiger partial charge on any atom is 0.470 e. The number of piperidine rings is 6. The number of ether oxygens (including phenoxy) is 2. The van der Waals surface area contributed by atoms with Gasteiger partial charge in [-0.2, -0.15) is 0 Å². The van der Waals surface area contributed by atoms with Crippen LogP contribution >= 0.6 is 7.82 Å². The Bertz CT molecular complexity index is 1930. The van der Waals surface area contributed by atoms with E-state index in [-0.39, 0.29) is 12.1 Å². The molecule has 4 aromatic rings. The summed E-state index contributed by atoms with van der Waals surface area (Å²) in [5.74, 6) is 4.01. The summed E-state index contributed by atoms with van der Waals surface area (Å²) in [4.78, 5) is 30.0. The zero-order valence-corrected chi connectivity index (χ0v) is 34.1. The van der Waals surface area contributed by atoms with Crippen LogP contribution in [0.3, 0.4) is 0 Å². The Morgan fingerprint density at radius 2 is 1.19 bits per heavy atom. The van der Waals surface area contributed by atoms with Gasteiger partial charge in [-0.1, -0.05) is 12.2 Å². The Morgan fingerprint density at radius 3 is 1.50 bits per heavy atom. The lowest BCUT2D eigenvalue weighted by Gasteiger charge is -2.50.